The Labute approximate surface area is 207 Å². The minimum Gasteiger partial charge on any atom is -0.495 e. The highest BCUT2D eigenvalue weighted by Crippen LogP contribution is 2.37. The van der Waals surface area contributed by atoms with Gasteiger partial charge in [0.15, 0.2) is 0 Å². The van der Waals surface area contributed by atoms with E-state index in [1.54, 1.807) is 32.0 Å². The fourth-order valence-electron chi connectivity index (χ4n) is 4.16. The molecule has 3 N–H and O–H groups in total. The molecule has 35 heavy (non-hydrogen) atoms. The quantitative estimate of drug-likeness (QED) is 0.430. The molecule has 2 aromatic carbocycles. The number of nitrogens with one attached hydrogen (secondary N) is 2. The second kappa shape index (κ2) is 8.35. The Morgan fingerprint density at radius 2 is 1.69 bits per heavy atom. The summed E-state index contributed by atoms with van der Waals surface area (Å²) in [6.07, 6.45) is 0. The number of ether oxygens (including phenoxy) is 1. The lowest BCUT2D eigenvalue weighted by Crippen LogP contribution is -2.63. The number of rotatable bonds is 5. The van der Waals surface area contributed by atoms with Crippen molar-refractivity contribution in [2.45, 2.75) is 70.1 Å². The largest absolute Gasteiger partial charge is 0.495 e. The Bertz CT molecular complexity index is 1310. The highest BCUT2D eigenvalue weighted by Gasteiger charge is 2.52. The Hall–Kier alpha value is -2.37. The third-order valence-corrected chi connectivity index (χ3v) is 9.79. The van der Waals surface area contributed by atoms with Crippen molar-refractivity contribution >= 4 is 38.9 Å². The first kappa shape index (κ1) is 25.7. The van der Waals surface area contributed by atoms with Gasteiger partial charge in [0.25, 0.3) is 5.91 Å². The van der Waals surface area contributed by atoms with Gasteiger partial charge in [0.05, 0.1) is 38.5 Å². The van der Waals surface area contributed by atoms with E-state index in [1.807, 2.05) is 46.8 Å². The van der Waals surface area contributed by atoms with E-state index in [0.29, 0.717) is 16.1 Å². The Balaban J connectivity index is 1.55. The molecule has 2 aliphatic rings. The summed E-state index contributed by atoms with van der Waals surface area (Å²) in [6, 6.07) is 10.2. The Morgan fingerprint density at radius 3 is 2.20 bits per heavy atom. The molecule has 0 spiro atoms. The Kier molecular flexibility index (Phi) is 6.13. The monoisotopic (exact) mass is 500 g/mol. The van der Waals surface area contributed by atoms with Crippen LogP contribution in [0.25, 0.3) is 0 Å². The van der Waals surface area contributed by atoms with Crippen molar-refractivity contribution in [2.24, 2.45) is 0 Å². The highest BCUT2D eigenvalue weighted by molar-refractivity contribution is 8.02. The number of benzene rings is 2. The van der Waals surface area contributed by atoms with Crippen LogP contribution < -0.4 is 20.2 Å². The lowest BCUT2D eigenvalue weighted by atomic mass is 9.76. The predicted molar refractivity (Wildman–Crippen MR) is 139 cm³/mol. The lowest BCUT2D eigenvalue weighted by molar-refractivity contribution is 0.00578. The summed E-state index contributed by atoms with van der Waals surface area (Å²) in [5.41, 5.74) is 1.16. The minimum atomic E-state index is -2.99. The van der Waals surface area contributed by atoms with Crippen molar-refractivity contribution in [1.29, 1.82) is 0 Å². The van der Waals surface area contributed by atoms with Crippen LogP contribution in [-0.2, 0) is 19.0 Å². The molecule has 1 atom stereocenters. The van der Waals surface area contributed by atoms with Crippen LogP contribution in [0.2, 0.25) is 0 Å². The van der Waals surface area contributed by atoms with Crippen LogP contribution in [0.15, 0.2) is 41.3 Å². The molecule has 1 unspecified atom stereocenters. The first-order valence-electron chi connectivity index (χ1n) is 11.5. The maximum Gasteiger partial charge on any atom is 0.495 e. The average molecular weight is 500 g/mol. The summed E-state index contributed by atoms with van der Waals surface area (Å²) in [7, 11) is -2.04. The second-order valence-corrected chi connectivity index (χ2v) is 12.7. The summed E-state index contributed by atoms with van der Waals surface area (Å²) in [4.78, 5) is 13.3. The van der Waals surface area contributed by atoms with E-state index in [2.05, 4.69) is 10.0 Å². The molecule has 1 amide bonds. The zero-order chi connectivity index (χ0) is 26.0. The van der Waals surface area contributed by atoms with Gasteiger partial charge in [-0.2, -0.15) is 0 Å². The summed E-state index contributed by atoms with van der Waals surface area (Å²) in [5, 5.41) is 13.1. The molecule has 0 saturated carbocycles. The van der Waals surface area contributed by atoms with Gasteiger partial charge in [-0.3, -0.25) is 4.79 Å². The van der Waals surface area contributed by atoms with Crippen LogP contribution in [-0.4, -0.2) is 51.2 Å². The minimum absolute atomic E-state index is 0.141. The average Bonchev–Trinajstić information content (AvgIpc) is 2.99. The predicted octanol–water partition coefficient (Wildman–Crippen LogP) is 3.18. The maximum absolute atomic E-state index is 13.2. The number of amides is 1. The summed E-state index contributed by atoms with van der Waals surface area (Å²) in [6.45, 7) is 13.4. The van der Waals surface area contributed by atoms with Crippen LogP contribution in [0.1, 0.15) is 57.5 Å². The van der Waals surface area contributed by atoms with Gasteiger partial charge in [-0.05, 0) is 89.8 Å². The second-order valence-electron chi connectivity index (χ2n) is 10.6. The normalized spacial score (nSPS) is 24.1. The molecule has 188 valence electrons. The van der Waals surface area contributed by atoms with Crippen LogP contribution in [0.3, 0.4) is 0 Å². The molecule has 2 aromatic rings. The Morgan fingerprint density at radius 1 is 1.06 bits per heavy atom. The third-order valence-electron chi connectivity index (χ3n) is 6.98. The molecule has 1 saturated heterocycles. The van der Waals surface area contributed by atoms with E-state index in [-0.39, 0.29) is 16.7 Å². The number of aliphatic hydroxyl groups excluding tert-OH is 1. The molecule has 0 bridgehead atoms. The summed E-state index contributed by atoms with van der Waals surface area (Å²) in [5.74, 6) is -0.0906. The zero-order valence-electron chi connectivity index (χ0n) is 21.4. The van der Waals surface area contributed by atoms with Gasteiger partial charge >= 0.3 is 7.12 Å². The lowest BCUT2D eigenvalue weighted by Gasteiger charge is -2.39. The van der Waals surface area contributed by atoms with Crippen molar-refractivity contribution in [2.75, 3.05) is 12.4 Å². The number of methoxy groups -OCH3 is 1. The van der Waals surface area contributed by atoms with Gasteiger partial charge in [-0.25, -0.2) is 8.93 Å². The van der Waals surface area contributed by atoms with E-state index < -0.39 is 33.6 Å². The SMILES string of the molecule is COc1cc(C(=O)Nc2ccc(B3OC(C)(C)C(C)(C)O3)c(C)c2)ccc1S1(=O)=C(O)C(C)(C)N1. The van der Waals surface area contributed by atoms with E-state index in [9.17, 15) is 14.1 Å². The van der Waals surface area contributed by atoms with E-state index in [0.717, 1.165) is 11.0 Å². The number of anilines is 1. The van der Waals surface area contributed by atoms with Crippen molar-refractivity contribution in [1.82, 2.24) is 4.72 Å². The molecule has 4 rings (SSSR count). The van der Waals surface area contributed by atoms with Crippen molar-refractivity contribution in [3.8, 4) is 5.75 Å². The van der Waals surface area contributed by atoms with Crippen molar-refractivity contribution in [3.05, 3.63) is 47.5 Å². The van der Waals surface area contributed by atoms with Gasteiger partial charge < -0.3 is 24.5 Å². The molecule has 2 aliphatic heterocycles. The van der Waals surface area contributed by atoms with Gasteiger partial charge in [0.2, 0.25) is 0 Å². The van der Waals surface area contributed by atoms with E-state index in [4.69, 9.17) is 14.0 Å². The van der Waals surface area contributed by atoms with Crippen LogP contribution in [0.5, 0.6) is 5.75 Å². The molecule has 10 heteroatoms. The number of hydrogen-bond acceptors (Lipinski definition) is 5. The first-order chi connectivity index (χ1) is 16.1. The fourth-order valence-corrected chi connectivity index (χ4v) is 6.69. The smallest absolute Gasteiger partial charge is 0.495 e. The van der Waals surface area contributed by atoms with Gasteiger partial charge in [0, 0.05) is 11.3 Å². The highest BCUT2D eigenvalue weighted by atomic mass is 32.2. The number of hydrogen-bond donors (Lipinski definition) is 3. The number of carbonyl (C=O) groups excluding carboxylic acids is 1. The van der Waals surface area contributed by atoms with Gasteiger partial charge in [-0.1, -0.05) is 6.07 Å². The van der Waals surface area contributed by atoms with Crippen LogP contribution >= 0.6 is 0 Å². The molecular weight excluding hydrogens is 467 g/mol. The van der Waals surface area contributed by atoms with Crippen molar-refractivity contribution < 1.29 is 28.2 Å². The fraction of sp³-hybridized carbons (Fsp3) is 0.440. The van der Waals surface area contributed by atoms with Crippen molar-refractivity contribution in [3.63, 3.8) is 0 Å². The number of aryl methyl sites for hydroxylation is 1. The van der Waals surface area contributed by atoms with Gasteiger partial charge in [-0.15, -0.1) is 0 Å². The molecular formula is C25H33BN2O6S. The van der Waals surface area contributed by atoms with E-state index >= 15 is 0 Å². The maximum atomic E-state index is 13.2. The topological polar surface area (TPSA) is 106 Å². The zero-order valence-corrected chi connectivity index (χ0v) is 22.3. The summed E-state index contributed by atoms with van der Waals surface area (Å²) < 4.78 is 33.8. The molecule has 1 fully saturated rings. The molecule has 2 heterocycles. The number of aliphatic hydroxyl groups is 1. The first-order valence-corrected chi connectivity index (χ1v) is 13.0. The van der Waals surface area contributed by atoms with E-state index in [1.165, 1.54) is 13.2 Å². The standard InChI is InChI=1S/C25H33BN2O6S/c1-15-13-17(10-11-18(15)26-33-24(4,5)25(6,7)34-26)27-21(29)16-9-12-20(19(14-16)32-8)35(31)22(30)23(2,3)28-35/h9-14,30H,1-8H3,(H,27,29)(H,28,31). The summed E-state index contributed by atoms with van der Waals surface area (Å²) >= 11 is 0. The molecule has 8 nitrogen and oxygen atoms in total. The van der Waals surface area contributed by atoms with Gasteiger partial charge in [0.1, 0.15) is 10.8 Å². The molecule has 0 aromatic heterocycles. The van der Waals surface area contributed by atoms with Crippen LogP contribution in [0.4, 0.5) is 5.69 Å². The number of carbonyl (C=O) groups is 1. The molecule has 0 radical (unpaired) electrons. The molecule has 0 aliphatic carbocycles. The van der Waals surface area contributed by atoms with Crippen LogP contribution in [0, 0.1) is 6.92 Å². The third kappa shape index (κ3) is 4.27.